The van der Waals surface area contributed by atoms with Gasteiger partial charge in [-0.3, -0.25) is 5.43 Å². The molecule has 0 aliphatic heterocycles. The highest BCUT2D eigenvalue weighted by Crippen LogP contribution is 2.22. The Morgan fingerprint density at radius 2 is 1.88 bits per heavy atom. The van der Waals surface area contributed by atoms with Gasteiger partial charge in [-0.1, -0.05) is 12.1 Å². The van der Waals surface area contributed by atoms with E-state index in [0.29, 0.717) is 17.0 Å². The molecule has 0 saturated carbocycles. The molecule has 2 aromatic carbocycles. The van der Waals surface area contributed by atoms with Gasteiger partial charge in [0.2, 0.25) is 0 Å². The molecule has 0 aliphatic carbocycles. The Labute approximate surface area is 143 Å². The molecular weight excluding hydrogens is 336 g/mol. The number of hydrogen-bond donors (Lipinski definition) is 2. The van der Waals surface area contributed by atoms with Crippen LogP contribution in [0.15, 0.2) is 53.6 Å². The van der Waals surface area contributed by atoms with Crippen LogP contribution in [0.4, 0.5) is 14.5 Å². The van der Waals surface area contributed by atoms with Crippen molar-refractivity contribution in [1.29, 1.82) is 0 Å². The lowest BCUT2D eigenvalue weighted by molar-refractivity contribution is -0.0498. The Morgan fingerprint density at radius 1 is 1.17 bits per heavy atom. The summed E-state index contributed by atoms with van der Waals surface area (Å²) in [6.45, 7) is -2.84. The number of hydrazone groups is 1. The lowest BCUT2D eigenvalue weighted by Crippen LogP contribution is -2.24. The average Bonchev–Trinajstić information content (AvgIpc) is 2.56. The molecule has 24 heavy (non-hydrogen) atoms. The van der Waals surface area contributed by atoms with Crippen LogP contribution in [-0.4, -0.2) is 25.0 Å². The summed E-state index contributed by atoms with van der Waals surface area (Å²) in [6.07, 6.45) is 1.50. The van der Waals surface area contributed by atoms with E-state index in [-0.39, 0.29) is 10.9 Å². The number of thiocarbonyl (C=S) groups is 1. The van der Waals surface area contributed by atoms with E-state index in [2.05, 4.69) is 20.6 Å². The highest BCUT2D eigenvalue weighted by atomic mass is 32.1. The highest BCUT2D eigenvalue weighted by Gasteiger charge is 2.04. The minimum atomic E-state index is -2.84. The number of methoxy groups -OCH3 is 1. The van der Waals surface area contributed by atoms with Crippen LogP contribution in [0, 0.1) is 0 Å². The molecule has 0 heterocycles. The second-order valence-corrected chi connectivity index (χ2v) is 4.88. The Morgan fingerprint density at radius 3 is 2.54 bits per heavy atom. The first-order chi connectivity index (χ1) is 11.6. The summed E-state index contributed by atoms with van der Waals surface area (Å²) >= 11 is 5.13. The molecule has 0 saturated heterocycles. The zero-order chi connectivity index (χ0) is 17.4. The predicted molar refractivity (Wildman–Crippen MR) is 93.0 cm³/mol. The van der Waals surface area contributed by atoms with Crippen LogP contribution in [0.2, 0.25) is 0 Å². The van der Waals surface area contributed by atoms with Crippen LogP contribution in [0.25, 0.3) is 0 Å². The van der Waals surface area contributed by atoms with Crippen molar-refractivity contribution >= 4 is 29.2 Å². The molecule has 0 bridgehead atoms. The molecule has 0 amide bonds. The number of hydrogen-bond acceptors (Lipinski definition) is 4. The van der Waals surface area contributed by atoms with E-state index >= 15 is 0 Å². The van der Waals surface area contributed by atoms with Gasteiger partial charge in [0.15, 0.2) is 5.11 Å². The third kappa shape index (κ3) is 5.47. The van der Waals surface area contributed by atoms with Gasteiger partial charge in [0.25, 0.3) is 0 Å². The van der Waals surface area contributed by atoms with Gasteiger partial charge in [0, 0.05) is 0 Å². The number of rotatable bonds is 6. The Hall–Kier alpha value is -2.74. The van der Waals surface area contributed by atoms with Crippen LogP contribution in [-0.2, 0) is 0 Å². The van der Waals surface area contributed by atoms with E-state index in [0.717, 1.165) is 0 Å². The zero-order valence-electron chi connectivity index (χ0n) is 12.7. The molecule has 0 radical (unpaired) electrons. The van der Waals surface area contributed by atoms with E-state index in [4.69, 9.17) is 17.0 Å². The maximum Gasteiger partial charge on any atom is 0.387 e. The maximum atomic E-state index is 12.1. The molecule has 0 unspecified atom stereocenters. The molecule has 2 rings (SSSR count). The normalized spacial score (nSPS) is 10.7. The number of nitrogens with zero attached hydrogens (tertiary/aromatic N) is 1. The number of nitrogens with one attached hydrogen (secondary N) is 2. The number of halogens is 2. The second kappa shape index (κ2) is 8.78. The molecule has 0 spiro atoms. The van der Waals surface area contributed by atoms with Crippen LogP contribution < -0.4 is 20.2 Å². The van der Waals surface area contributed by atoms with E-state index in [1.165, 1.54) is 18.3 Å². The van der Waals surface area contributed by atoms with Gasteiger partial charge >= 0.3 is 6.61 Å². The van der Waals surface area contributed by atoms with Gasteiger partial charge in [-0.2, -0.15) is 13.9 Å². The lowest BCUT2D eigenvalue weighted by atomic mass is 10.2. The molecule has 0 aromatic heterocycles. The van der Waals surface area contributed by atoms with Crippen molar-refractivity contribution in [3.63, 3.8) is 0 Å². The largest absolute Gasteiger partial charge is 0.495 e. The summed E-state index contributed by atoms with van der Waals surface area (Å²) in [7, 11) is 1.57. The molecule has 5 nitrogen and oxygen atoms in total. The fourth-order valence-corrected chi connectivity index (χ4v) is 1.96. The Balaban J connectivity index is 1.88. The third-order valence-electron chi connectivity index (χ3n) is 2.84. The summed E-state index contributed by atoms with van der Waals surface area (Å²) in [5.74, 6) is 0.740. The molecule has 126 valence electrons. The van der Waals surface area contributed by atoms with Crippen molar-refractivity contribution in [3.05, 3.63) is 54.1 Å². The van der Waals surface area contributed by atoms with E-state index in [9.17, 15) is 8.78 Å². The van der Waals surface area contributed by atoms with E-state index in [1.54, 1.807) is 25.3 Å². The van der Waals surface area contributed by atoms with Crippen molar-refractivity contribution in [3.8, 4) is 11.5 Å². The maximum absolute atomic E-state index is 12.1. The summed E-state index contributed by atoms with van der Waals surface area (Å²) in [5.41, 5.74) is 4.07. The molecule has 0 atom stereocenters. The molecule has 8 heteroatoms. The third-order valence-corrected chi connectivity index (χ3v) is 3.03. The van der Waals surface area contributed by atoms with Crippen molar-refractivity contribution in [2.45, 2.75) is 6.61 Å². The number of para-hydroxylation sites is 2. The standard InChI is InChI=1S/C16H15F2N3O2S/c1-22-14-5-3-2-4-13(14)20-16(24)21-19-10-11-6-8-12(9-7-11)23-15(17)18/h2-10,15H,1H3,(H2,20,21,24). The first-order valence-electron chi connectivity index (χ1n) is 6.86. The van der Waals surface area contributed by atoms with Gasteiger partial charge in [0.05, 0.1) is 19.0 Å². The smallest absolute Gasteiger partial charge is 0.387 e. The molecule has 0 fully saturated rings. The van der Waals surface area contributed by atoms with Crippen LogP contribution in [0.3, 0.4) is 0 Å². The van der Waals surface area contributed by atoms with Crippen LogP contribution in [0.1, 0.15) is 5.56 Å². The Kier molecular flexibility index (Phi) is 6.44. The van der Waals surface area contributed by atoms with Crippen molar-refractivity contribution in [1.82, 2.24) is 5.43 Å². The number of ether oxygens (including phenoxy) is 2. The van der Waals surface area contributed by atoms with E-state index in [1.807, 2.05) is 18.2 Å². The second-order valence-electron chi connectivity index (χ2n) is 4.47. The molecule has 2 N–H and O–H groups in total. The summed E-state index contributed by atoms with van der Waals surface area (Å²) in [4.78, 5) is 0. The topological polar surface area (TPSA) is 54.9 Å². The van der Waals surface area contributed by atoms with Crippen molar-refractivity contribution in [2.24, 2.45) is 5.10 Å². The summed E-state index contributed by atoms with van der Waals surface area (Å²) < 4.78 is 33.6. The molecular formula is C16H15F2N3O2S. The first kappa shape index (κ1) is 17.6. The van der Waals surface area contributed by atoms with E-state index < -0.39 is 6.61 Å². The summed E-state index contributed by atoms with van der Waals surface area (Å²) in [5, 5.41) is 7.22. The monoisotopic (exact) mass is 351 g/mol. The SMILES string of the molecule is COc1ccccc1NC(=S)NN=Cc1ccc(OC(F)F)cc1. The number of alkyl halides is 2. The minimum Gasteiger partial charge on any atom is -0.495 e. The number of anilines is 1. The van der Waals surface area contributed by atoms with Gasteiger partial charge in [-0.05, 0) is 54.2 Å². The minimum absolute atomic E-state index is 0.0865. The summed E-state index contributed by atoms with van der Waals surface area (Å²) in [6, 6.07) is 13.4. The van der Waals surface area contributed by atoms with Gasteiger partial charge in [0.1, 0.15) is 11.5 Å². The van der Waals surface area contributed by atoms with Gasteiger partial charge in [-0.25, -0.2) is 0 Å². The lowest BCUT2D eigenvalue weighted by Gasteiger charge is -2.10. The first-order valence-corrected chi connectivity index (χ1v) is 7.27. The number of benzene rings is 2. The van der Waals surface area contributed by atoms with Gasteiger partial charge < -0.3 is 14.8 Å². The predicted octanol–water partition coefficient (Wildman–Crippen LogP) is 3.62. The van der Waals surface area contributed by atoms with Crippen LogP contribution in [0.5, 0.6) is 11.5 Å². The van der Waals surface area contributed by atoms with Crippen molar-refractivity contribution in [2.75, 3.05) is 12.4 Å². The molecule has 0 aliphatic rings. The van der Waals surface area contributed by atoms with Crippen molar-refractivity contribution < 1.29 is 18.3 Å². The van der Waals surface area contributed by atoms with Crippen LogP contribution >= 0.6 is 12.2 Å². The molecule has 2 aromatic rings. The fraction of sp³-hybridized carbons (Fsp3) is 0.125. The fourth-order valence-electron chi connectivity index (χ4n) is 1.80. The average molecular weight is 351 g/mol. The quantitative estimate of drug-likeness (QED) is 0.473. The Bertz CT molecular complexity index is 709. The zero-order valence-corrected chi connectivity index (χ0v) is 13.5. The highest BCUT2D eigenvalue weighted by molar-refractivity contribution is 7.80. The van der Waals surface area contributed by atoms with Gasteiger partial charge in [-0.15, -0.1) is 0 Å².